The Morgan fingerprint density at radius 3 is 2.42 bits per heavy atom. The van der Waals surface area contributed by atoms with E-state index in [1.54, 1.807) is 18.2 Å². The topological polar surface area (TPSA) is 96.4 Å². The Morgan fingerprint density at radius 2 is 1.79 bits per heavy atom. The Bertz CT molecular complexity index is 1300. The maximum Gasteiger partial charge on any atom is 0.283 e. The normalized spacial score (nSPS) is 11.2. The van der Waals surface area contributed by atoms with Gasteiger partial charge < -0.3 is 4.90 Å². The number of nitrogens with zero attached hydrogens (tertiary/aromatic N) is 2. The van der Waals surface area contributed by atoms with Crippen LogP contribution in [0.4, 0.5) is 4.39 Å². The average Bonchev–Trinajstić information content (AvgIpc) is 2.75. The minimum absolute atomic E-state index is 0.0547. The molecular weight excluding hydrogens is 492 g/mol. The molecule has 3 rings (SSSR count). The summed E-state index contributed by atoms with van der Waals surface area (Å²) in [6.45, 7) is 0.129. The smallest absolute Gasteiger partial charge is 0.283 e. The lowest BCUT2D eigenvalue weighted by molar-refractivity contribution is 0.0729. The van der Waals surface area contributed by atoms with Crippen molar-refractivity contribution in [3.05, 3.63) is 99.0 Å². The first kappa shape index (κ1) is 24.6. The molecule has 0 bridgehead atoms. The summed E-state index contributed by atoms with van der Waals surface area (Å²) in [6, 6.07) is 13.2. The molecule has 0 fully saturated rings. The molecule has 11 heteroatoms. The largest absolute Gasteiger partial charge is 0.330 e. The van der Waals surface area contributed by atoms with Crippen molar-refractivity contribution in [3.8, 4) is 0 Å². The monoisotopic (exact) mass is 509 g/mol. The van der Waals surface area contributed by atoms with Crippen molar-refractivity contribution in [1.29, 1.82) is 0 Å². The lowest BCUT2D eigenvalue weighted by Gasteiger charge is -2.24. The molecule has 2 aromatic carbocycles. The van der Waals surface area contributed by atoms with E-state index in [1.165, 1.54) is 41.4 Å². The first-order valence-corrected chi connectivity index (χ1v) is 12.1. The molecular formula is C22H18Cl2FN3O4S. The van der Waals surface area contributed by atoms with E-state index in [0.29, 0.717) is 21.2 Å². The quantitative estimate of drug-likeness (QED) is 0.517. The van der Waals surface area contributed by atoms with Crippen LogP contribution in [0.3, 0.4) is 0 Å². The summed E-state index contributed by atoms with van der Waals surface area (Å²) in [6.07, 6.45) is 2.21. The van der Waals surface area contributed by atoms with Gasteiger partial charge in [0.15, 0.2) is 0 Å². The van der Waals surface area contributed by atoms with Crippen LogP contribution in [-0.2, 0) is 23.1 Å². The van der Waals surface area contributed by atoms with Crippen LogP contribution in [0, 0.1) is 5.82 Å². The number of carbonyl (C=O) groups is 2. The van der Waals surface area contributed by atoms with Gasteiger partial charge >= 0.3 is 0 Å². The molecule has 0 saturated heterocycles. The fourth-order valence-corrected chi connectivity index (χ4v) is 3.79. The Balaban J connectivity index is 1.88. The predicted octanol–water partition coefficient (Wildman–Crippen LogP) is 4.06. The molecule has 33 heavy (non-hydrogen) atoms. The standard InChI is InChI=1S/C22H18Cl2FN3O4S/c1-33(31,32)27-21(29)19-9-8-14(11-26-19)12-28(13-16-5-3-7-18(23)20(16)24)22(30)15-4-2-6-17(25)10-15/h2-11H,12-13H2,1H3,(H,27,29). The van der Waals surface area contributed by atoms with Gasteiger partial charge in [0, 0.05) is 24.8 Å². The molecule has 0 aliphatic rings. The SMILES string of the molecule is CS(=O)(=O)NC(=O)c1ccc(CN(Cc2cccc(Cl)c2Cl)C(=O)c2cccc(F)c2)cn1. The van der Waals surface area contributed by atoms with Gasteiger partial charge in [-0.15, -0.1) is 0 Å². The molecule has 2 amide bonds. The molecule has 0 aliphatic carbocycles. The molecule has 3 aromatic rings. The van der Waals surface area contributed by atoms with E-state index < -0.39 is 27.7 Å². The number of nitrogens with one attached hydrogen (secondary N) is 1. The molecule has 0 saturated carbocycles. The third kappa shape index (κ3) is 6.74. The van der Waals surface area contributed by atoms with Gasteiger partial charge in [-0.1, -0.05) is 47.5 Å². The predicted molar refractivity (Wildman–Crippen MR) is 123 cm³/mol. The van der Waals surface area contributed by atoms with Crippen LogP contribution in [0.25, 0.3) is 0 Å². The van der Waals surface area contributed by atoms with Crippen LogP contribution in [0.15, 0.2) is 60.8 Å². The number of amides is 2. The number of benzene rings is 2. The van der Waals surface area contributed by atoms with Crippen LogP contribution in [0.1, 0.15) is 32.0 Å². The van der Waals surface area contributed by atoms with E-state index in [-0.39, 0.29) is 24.3 Å². The van der Waals surface area contributed by atoms with Gasteiger partial charge in [-0.2, -0.15) is 0 Å². The van der Waals surface area contributed by atoms with Gasteiger partial charge in [-0.3, -0.25) is 14.6 Å². The molecule has 0 spiro atoms. The number of carbonyl (C=O) groups excluding carboxylic acids is 2. The lowest BCUT2D eigenvalue weighted by atomic mass is 10.1. The summed E-state index contributed by atoms with van der Waals surface area (Å²) in [5, 5.41) is 0.623. The molecule has 7 nitrogen and oxygen atoms in total. The third-order valence-corrected chi connectivity index (χ3v) is 5.87. The Morgan fingerprint density at radius 1 is 1.06 bits per heavy atom. The van der Waals surface area contributed by atoms with E-state index in [0.717, 1.165) is 12.3 Å². The highest BCUT2D eigenvalue weighted by Crippen LogP contribution is 2.27. The van der Waals surface area contributed by atoms with Crippen molar-refractivity contribution in [3.63, 3.8) is 0 Å². The Kier molecular flexibility index (Phi) is 7.68. The van der Waals surface area contributed by atoms with E-state index in [1.807, 2.05) is 4.72 Å². The molecule has 0 unspecified atom stereocenters. The van der Waals surface area contributed by atoms with E-state index in [9.17, 15) is 22.4 Å². The summed E-state index contributed by atoms with van der Waals surface area (Å²) < 4.78 is 38.0. The van der Waals surface area contributed by atoms with Crippen molar-refractivity contribution in [2.24, 2.45) is 0 Å². The first-order chi connectivity index (χ1) is 15.5. The molecule has 0 radical (unpaired) electrons. The lowest BCUT2D eigenvalue weighted by Crippen LogP contribution is -2.31. The Hall–Kier alpha value is -3.01. The van der Waals surface area contributed by atoms with Gasteiger partial charge in [0.25, 0.3) is 11.8 Å². The zero-order valence-corrected chi connectivity index (χ0v) is 19.6. The molecule has 1 heterocycles. The van der Waals surface area contributed by atoms with Crippen molar-refractivity contribution in [2.75, 3.05) is 6.26 Å². The molecule has 0 aliphatic heterocycles. The fraction of sp³-hybridized carbons (Fsp3) is 0.136. The molecule has 0 atom stereocenters. The second-order valence-electron chi connectivity index (χ2n) is 7.14. The number of hydrogen-bond donors (Lipinski definition) is 1. The van der Waals surface area contributed by atoms with E-state index in [4.69, 9.17) is 23.2 Å². The second-order valence-corrected chi connectivity index (χ2v) is 9.67. The van der Waals surface area contributed by atoms with E-state index in [2.05, 4.69) is 4.98 Å². The van der Waals surface area contributed by atoms with Gasteiger partial charge in [-0.25, -0.2) is 17.5 Å². The third-order valence-electron chi connectivity index (χ3n) is 4.46. The van der Waals surface area contributed by atoms with Crippen molar-refractivity contribution >= 4 is 45.0 Å². The fourth-order valence-electron chi connectivity index (χ4n) is 2.97. The summed E-state index contributed by atoms with van der Waals surface area (Å²) in [5.41, 5.74) is 1.18. The first-order valence-electron chi connectivity index (χ1n) is 9.48. The van der Waals surface area contributed by atoms with E-state index >= 15 is 0 Å². The minimum Gasteiger partial charge on any atom is -0.330 e. The molecule has 172 valence electrons. The van der Waals surface area contributed by atoms with Crippen LogP contribution < -0.4 is 4.72 Å². The molecule has 1 aromatic heterocycles. The van der Waals surface area contributed by atoms with Crippen LogP contribution >= 0.6 is 23.2 Å². The zero-order chi connectivity index (χ0) is 24.2. The van der Waals surface area contributed by atoms with Gasteiger partial charge in [0.2, 0.25) is 10.0 Å². The number of pyridine rings is 1. The summed E-state index contributed by atoms with van der Waals surface area (Å²) >= 11 is 12.4. The van der Waals surface area contributed by atoms with Crippen LogP contribution in [0.2, 0.25) is 10.0 Å². The number of halogens is 3. The summed E-state index contributed by atoms with van der Waals surface area (Å²) in [4.78, 5) is 30.5. The second kappa shape index (κ2) is 10.3. The van der Waals surface area contributed by atoms with Crippen molar-refractivity contribution in [2.45, 2.75) is 13.1 Å². The maximum atomic E-state index is 13.7. The van der Waals surface area contributed by atoms with Gasteiger partial charge in [0.1, 0.15) is 11.5 Å². The number of sulfonamides is 1. The van der Waals surface area contributed by atoms with Crippen LogP contribution in [-0.4, -0.2) is 36.4 Å². The van der Waals surface area contributed by atoms with Crippen molar-refractivity contribution in [1.82, 2.24) is 14.6 Å². The number of hydrogen-bond acceptors (Lipinski definition) is 5. The highest BCUT2D eigenvalue weighted by Gasteiger charge is 2.20. The molecule has 1 N–H and O–H groups in total. The summed E-state index contributed by atoms with van der Waals surface area (Å²) in [5.74, 6) is -1.88. The van der Waals surface area contributed by atoms with Crippen LogP contribution in [0.5, 0.6) is 0 Å². The van der Waals surface area contributed by atoms with Gasteiger partial charge in [-0.05, 0) is 41.5 Å². The van der Waals surface area contributed by atoms with Crippen molar-refractivity contribution < 1.29 is 22.4 Å². The number of aromatic nitrogens is 1. The highest BCUT2D eigenvalue weighted by atomic mass is 35.5. The highest BCUT2D eigenvalue weighted by molar-refractivity contribution is 7.89. The van der Waals surface area contributed by atoms with Gasteiger partial charge in [0.05, 0.1) is 16.3 Å². The average molecular weight is 510 g/mol. The minimum atomic E-state index is -3.73. The Labute approximate surface area is 200 Å². The zero-order valence-electron chi connectivity index (χ0n) is 17.3. The number of rotatable bonds is 7. The summed E-state index contributed by atoms with van der Waals surface area (Å²) in [7, 11) is -3.73. The maximum absolute atomic E-state index is 13.7.